The summed E-state index contributed by atoms with van der Waals surface area (Å²) < 4.78 is 0. The van der Waals surface area contributed by atoms with Crippen LogP contribution in [0.1, 0.15) is 128 Å². The van der Waals surface area contributed by atoms with Gasteiger partial charge in [0.1, 0.15) is 0 Å². The molecule has 0 aromatic heterocycles. The summed E-state index contributed by atoms with van der Waals surface area (Å²) in [5.74, 6) is 2.55. The highest BCUT2D eigenvalue weighted by Crippen LogP contribution is 2.49. The largest absolute Gasteiger partial charge is 0.325 e. The van der Waals surface area contributed by atoms with Crippen LogP contribution in [0.15, 0.2) is 18.2 Å². The highest BCUT2D eigenvalue weighted by atomic mass is 14.8. The third-order valence-corrected chi connectivity index (χ3v) is 9.24. The standard InChI is InChI=1S/C30H49N/c1-6-30(31)15-14-27(20-30)26-13-12-24-16-22(10-11-25(24)17-26)8-7-9-23-18-28(2,3)21-29(4,5)19-23/h12-13,17,22-23,27H,6-11,14-16,18-21,31H2,1-5H3/t22-,27-,30+/m0/s1. The third-order valence-electron chi connectivity index (χ3n) is 9.24. The molecule has 31 heavy (non-hydrogen) atoms. The van der Waals surface area contributed by atoms with Crippen LogP contribution in [-0.4, -0.2) is 5.54 Å². The van der Waals surface area contributed by atoms with E-state index in [1.54, 1.807) is 16.7 Å². The molecule has 0 bridgehead atoms. The van der Waals surface area contributed by atoms with Gasteiger partial charge in [-0.15, -0.1) is 0 Å². The number of aryl methyl sites for hydroxylation is 1. The number of benzene rings is 1. The normalized spacial score (nSPS) is 32.7. The number of hydrogen-bond acceptors (Lipinski definition) is 1. The smallest absolute Gasteiger partial charge is 0.0157 e. The van der Waals surface area contributed by atoms with Crippen molar-refractivity contribution < 1.29 is 0 Å². The topological polar surface area (TPSA) is 26.0 Å². The van der Waals surface area contributed by atoms with Crippen molar-refractivity contribution in [3.05, 3.63) is 34.9 Å². The highest BCUT2D eigenvalue weighted by Gasteiger charge is 2.38. The predicted octanol–water partition coefficient (Wildman–Crippen LogP) is 8.19. The van der Waals surface area contributed by atoms with Crippen LogP contribution in [0, 0.1) is 22.7 Å². The molecule has 174 valence electrons. The maximum absolute atomic E-state index is 6.57. The van der Waals surface area contributed by atoms with Crippen molar-refractivity contribution in [3.63, 3.8) is 0 Å². The summed E-state index contributed by atoms with van der Waals surface area (Å²) in [6.07, 6.45) is 17.4. The lowest BCUT2D eigenvalue weighted by Gasteiger charge is -2.45. The van der Waals surface area contributed by atoms with Crippen LogP contribution in [-0.2, 0) is 12.8 Å². The first-order chi connectivity index (χ1) is 14.6. The molecule has 0 saturated heterocycles. The maximum atomic E-state index is 6.57. The van der Waals surface area contributed by atoms with Gasteiger partial charge >= 0.3 is 0 Å². The van der Waals surface area contributed by atoms with Gasteiger partial charge in [-0.1, -0.05) is 72.1 Å². The van der Waals surface area contributed by atoms with Crippen LogP contribution in [0.4, 0.5) is 0 Å². The second-order valence-corrected chi connectivity index (χ2v) is 13.5. The van der Waals surface area contributed by atoms with Crippen molar-refractivity contribution >= 4 is 0 Å². The Balaban J connectivity index is 1.28. The van der Waals surface area contributed by atoms with Gasteiger partial charge in [-0.05, 0) is 109 Å². The molecule has 2 fully saturated rings. The van der Waals surface area contributed by atoms with Crippen molar-refractivity contribution in [2.45, 2.75) is 130 Å². The van der Waals surface area contributed by atoms with Gasteiger partial charge in [-0.3, -0.25) is 0 Å². The van der Waals surface area contributed by atoms with Crippen molar-refractivity contribution in [3.8, 4) is 0 Å². The predicted molar refractivity (Wildman–Crippen MR) is 135 cm³/mol. The molecular formula is C30H49N. The monoisotopic (exact) mass is 423 g/mol. The Bertz CT molecular complexity index is 744. The summed E-state index contributed by atoms with van der Waals surface area (Å²) in [6.45, 7) is 12.2. The van der Waals surface area contributed by atoms with Gasteiger partial charge in [-0.25, -0.2) is 0 Å². The van der Waals surface area contributed by atoms with Crippen LogP contribution < -0.4 is 5.73 Å². The van der Waals surface area contributed by atoms with E-state index in [1.807, 2.05) is 0 Å². The fraction of sp³-hybridized carbons (Fsp3) is 0.800. The second kappa shape index (κ2) is 8.85. The molecule has 1 heteroatoms. The van der Waals surface area contributed by atoms with Crippen molar-refractivity contribution in [2.24, 2.45) is 28.4 Å². The number of rotatable bonds is 6. The van der Waals surface area contributed by atoms with Crippen LogP contribution in [0.25, 0.3) is 0 Å². The summed E-state index contributed by atoms with van der Waals surface area (Å²) in [6, 6.07) is 7.48. The van der Waals surface area contributed by atoms with Gasteiger partial charge in [0.25, 0.3) is 0 Å². The molecule has 3 atom stereocenters. The average Bonchev–Trinajstić information content (AvgIpc) is 3.08. The zero-order valence-electron chi connectivity index (χ0n) is 21.2. The zero-order chi connectivity index (χ0) is 22.3. The Morgan fingerprint density at radius 3 is 2.29 bits per heavy atom. The Labute approximate surface area is 193 Å². The first-order valence-corrected chi connectivity index (χ1v) is 13.5. The lowest BCUT2D eigenvalue weighted by Crippen LogP contribution is -2.35. The van der Waals surface area contributed by atoms with E-state index >= 15 is 0 Å². The first-order valence-electron chi connectivity index (χ1n) is 13.5. The molecule has 3 aliphatic rings. The van der Waals surface area contributed by atoms with E-state index in [1.165, 1.54) is 77.0 Å². The minimum absolute atomic E-state index is 0.0917. The number of fused-ring (bicyclic) bond motifs is 1. The van der Waals surface area contributed by atoms with Gasteiger partial charge in [0.15, 0.2) is 0 Å². The summed E-state index contributed by atoms with van der Waals surface area (Å²) in [5.41, 5.74) is 12.6. The molecule has 1 aromatic rings. The lowest BCUT2D eigenvalue weighted by atomic mass is 9.60. The molecule has 0 aliphatic heterocycles. The zero-order valence-corrected chi connectivity index (χ0v) is 21.2. The van der Waals surface area contributed by atoms with Crippen LogP contribution in [0.3, 0.4) is 0 Å². The lowest BCUT2D eigenvalue weighted by molar-refractivity contribution is 0.0621. The second-order valence-electron chi connectivity index (χ2n) is 13.5. The first kappa shape index (κ1) is 23.3. The van der Waals surface area contributed by atoms with Crippen molar-refractivity contribution in [2.75, 3.05) is 0 Å². The molecule has 2 N–H and O–H groups in total. The fourth-order valence-corrected chi connectivity index (χ4v) is 8.09. The molecule has 0 radical (unpaired) electrons. The number of nitrogens with two attached hydrogens (primary N) is 1. The van der Waals surface area contributed by atoms with Gasteiger partial charge in [0.05, 0.1) is 0 Å². The van der Waals surface area contributed by atoms with Crippen LogP contribution in [0.5, 0.6) is 0 Å². The summed E-state index contributed by atoms with van der Waals surface area (Å²) in [5, 5.41) is 0. The molecule has 3 aliphatic carbocycles. The minimum atomic E-state index is 0.0917. The quantitative estimate of drug-likeness (QED) is 0.490. The molecular weight excluding hydrogens is 374 g/mol. The molecule has 1 aromatic carbocycles. The molecule has 1 nitrogen and oxygen atoms in total. The van der Waals surface area contributed by atoms with Gasteiger partial charge < -0.3 is 5.73 Å². The Hall–Kier alpha value is -0.820. The Kier molecular flexibility index (Phi) is 6.66. The molecule has 0 spiro atoms. The van der Waals surface area contributed by atoms with Crippen molar-refractivity contribution in [1.29, 1.82) is 0 Å². The van der Waals surface area contributed by atoms with E-state index in [2.05, 4.69) is 52.8 Å². The van der Waals surface area contributed by atoms with E-state index in [4.69, 9.17) is 5.73 Å². The van der Waals surface area contributed by atoms with Crippen LogP contribution in [0.2, 0.25) is 0 Å². The van der Waals surface area contributed by atoms with Crippen molar-refractivity contribution in [1.82, 2.24) is 0 Å². The van der Waals surface area contributed by atoms with E-state index in [0.717, 1.165) is 18.3 Å². The third kappa shape index (κ3) is 5.76. The summed E-state index contributed by atoms with van der Waals surface area (Å²) in [4.78, 5) is 0. The van der Waals surface area contributed by atoms with Gasteiger partial charge in [0.2, 0.25) is 0 Å². The average molecular weight is 424 g/mol. The molecule has 0 unspecified atom stereocenters. The van der Waals surface area contributed by atoms with E-state index in [-0.39, 0.29) is 5.54 Å². The van der Waals surface area contributed by atoms with Gasteiger partial charge in [-0.2, -0.15) is 0 Å². The summed E-state index contributed by atoms with van der Waals surface area (Å²) >= 11 is 0. The summed E-state index contributed by atoms with van der Waals surface area (Å²) in [7, 11) is 0. The molecule has 4 rings (SSSR count). The maximum Gasteiger partial charge on any atom is 0.0157 e. The Morgan fingerprint density at radius 2 is 1.61 bits per heavy atom. The van der Waals surface area contributed by atoms with E-state index < -0.39 is 0 Å². The highest BCUT2D eigenvalue weighted by molar-refractivity contribution is 5.36. The minimum Gasteiger partial charge on any atom is -0.325 e. The van der Waals surface area contributed by atoms with E-state index in [0.29, 0.717) is 16.7 Å². The van der Waals surface area contributed by atoms with Crippen LogP contribution >= 0.6 is 0 Å². The van der Waals surface area contributed by atoms with E-state index in [9.17, 15) is 0 Å². The van der Waals surface area contributed by atoms with Gasteiger partial charge in [0, 0.05) is 5.54 Å². The fourth-order valence-electron chi connectivity index (χ4n) is 8.09. The molecule has 0 amide bonds. The number of hydrogen-bond donors (Lipinski definition) is 1. The SMILES string of the molecule is CC[C@@]1(N)CC[C@H](c2ccc3c(c2)CC[C@H](CCCC2CC(C)(C)CC(C)(C)C2)C3)C1. The Morgan fingerprint density at radius 1 is 0.903 bits per heavy atom. The molecule has 0 heterocycles. The molecule has 2 saturated carbocycles.